The van der Waals surface area contributed by atoms with Crippen LogP contribution in [0.25, 0.3) is 11.2 Å². The van der Waals surface area contributed by atoms with Gasteiger partial charge in [-0.15, -0.1) is 13.2 Å². The third kappa shape index (κ3) is 3.87. The molecule has 0 fully saturated rings. The Kier molecular flexibility index (Phi) is 4.30. The zero-order valence-corrected chi connectivity index (χ0v) is 13.0. The van der Waals surface area contributed by atoms with E-state index in [1.54, 1.807) is 13.0 Å². The molecule has 0 saturated carbocycles. The molecule has 1 aromatic carbocycles. The van der Waals surface area contributed by atoms with Crippen LogP contribution in [0.5, 0.6) is 5.75 Å². The first-order valence-electron chi connectivity index (χ1n) is 7.28. The Hall–Kier alpha value is -3.10. The van der Waals surface area contributed by atoms with Crippen molar-refractivity contribution in [1.29, 1.82) is 0 Å². The molecule has 2 N–H and O–H groups in total. The fourth-order valence-electron chi connectivity index (χ4n) is 2.36. The molecular weight excluding hydrogens is 337 g/mol. The van der Waals surface area contributed by atoms with E-state index >= 15 is 0 Å². The van der Waals surface area contributed by atoms with Crippen molar-refractivity contribution in [2.45, 2.75) is 19.3 Å². The van der Waals surface area contributed by atoms with Gasteiger partial charge in [0, 0.05) is 18.6 Å². The molecule has 3 rings (SSSR count). The van der Waals surface area contributed by atoms with Crippen LogP contribution in [0.1, 0.15) is 28.9 Å². The van der Waals surface area contributed by atoms with Gasteiger partial charge in [-0.25, -0.2) is 4.98 Å². The number of aromatic amines is 1. The molecule has 2 aromatic heterocycles. The maximum absolute atomic E-state index is 12.4. The number of nitrogens with zero attached hydrogens (tertiary/aromatic N) is 2. The number of amides is 1. The topological polar surface area (TPSA) is 79.9 Å². The van der Waals surface area contributed by atoms with Crippen molar-refractivity contribution in [2.75, 3.05) is 0 Å². The number of hydrogen-bond acceptors (Lipinski definition) is 4. The predicted molar refractivity (Wildman–Crippen MR) is 82.9 cm³/mol. The standard InChI is InChI=1S/C16H13F3N4O2/c1-9(10-3-2-4-11(7-10)25-16(17,18)19)23-15(24)12-8-22-14-13(12)20-5-6-21-14/h2-9H,1H3,(H,21,22)(H,23,24)/t9-/m0/s1. The van der Waals surface area contributed by atoms with E-state index < -0.39 is 18.3 Å². The quantitative estimate of drug-likeness (QED) is 0.756. The number of alkyl halides is 3. The summed E-state index contributed by atoms with van der Waals surface area (Å²) in [5.41, 5.74) is 1.67. The summed E-state index contributed by atoms with van der Waals surface area (Å²) in [4.78, 5) is 23.4. The molecule has 0 aliphatic heterocycles. The number of ether oxygens (including phenoxy) is 1. The highest BCUT2D eigenvalue weighted by Crippen LogP contribution is 2.25. The second kappa shape index (κ2) is 6.42. The number of rotatable bonds is 4. The van der Waals surface area contributed by atoms with Gasteiger partial charge in [0.05, 0.1) is 11.6 Å². The van der Waals surface area contributed by atoms with E-state index in [2.05, 4.69) is 25.0 Å². The summed E-state index contributed by atoms with van der Waals surface area (Å²) in [6, 6.07) is 4.92. The van der Waals surface area contributed by atoms with Gasteiger partial charge in [0.25, 0.3) is 5.91 Å². The lowest BCUT2D eigenvalue weighted by Crippen LogP contribution is -2.26. The van der Waals surface area contributed by atoms with Crippen molar-refractivity contribution in [3.8, 4) is 5.75 Å². The van der Waals surface area contributed by atoms with Crippen LogP contribution in [0, 0.1) is 0 Å². The molecule has 0 saturated heterocycles. The van der Waals surface area contributed by atoms with Crippen LogP contribution in [0.15, 0.2) is 42.9 Å². The van der Waals surface area contributed by atoms with Crippen LogP contribution in [0.2, 0.25) is 0 Å². The molecule has 3 aromatic rings. The van der Waals surface area contributed by atoms with Gasteiger partial charge < -0.3 is 15.0 Å². The van der Waals surface area contributed by atoms with Gasteiger partial charge >= 0.3 is 6.36 Å². The van der Waals surface area contributed by atoms with Gasteiger partial charge in [-0.05, 0) is 24.6 Å². The molecule has 0 unspecified atom stereocenters. The number of fused-ring (bicyclic) bond motifs is 1. The largest absolute Gasteiger partial charge is 0.573 e. The molecule has 1 amide bonds. The van der Waals surface area contributed by atoms with Crippen LogP contribution in [-0.4, -0.2) is 27.2 Å². The second-order valence-corrected chi connectivity index (χ2v) is 5.27. The lowest BCUT2D eigenvalue weighted by atomic mass is 10.1. The number of hydrogen-bond donors (Lipinski definition) is 2. The van der Waals surface area contributed by atoms with E-state index in [1.807, 2.05) is 0 Å². The fraction of sp³-hybridized carbons (Fsp3) is 0.188. The normalized spacial score (nSPS) is 12.8. The molecular formula is C16H13F3N4O2. The summed E-state index contributed by atoms with van der Waals surface area (Å²) in [7, 11) is 0. The van der Waals surface area contributed by atoms with Crippen molar-refractivity contribution in [3.05, 3.63) is 54.0 Å². The fourth-order valence-corrected chi connectivity index (χ4v) is 2.36. The van der Waals surface area contributed by atoms with E-state index in [0.29, 0.717) is 22.3 Å². The number of carbonyl (C=O) groups is 1. The molecule has 1 atom stereocenters. The minimum Gasteiger partial charge on any atom is -0.406 e. The number of H-pyrrole nitrogens is 1. The zero-order valence-electron chi connectivity index (χ0n) is 13.0. The van der Waals surface area contributed by atoms with Crippen LogP contribution in [0.4, 0.5) is 13.2 Å². The number of benzene rings is 1. The van der Waals surface area contributed by atoms with Gasteiger partial charge in [0.15, 0.2) is 5.65 Å². The molecule has 0 aliphatic carbocycles. The van der Waals surface area contributed by atoms with Crippen LogP contribution >= 0.6 is 0 Å². The summed E-state index contributed by atoms with van der Waals surface area (Å²) >= 11 is 0. The monoisotopic (exact) mass is 350 g/mol. The molecule has 6 nitrogen and oxygen atoms in total. The highest BCUT2D eigenvalue weighted by atomic mass is 19.4. The first-order chi connectivity index (χ1) is 11.8. The Morgan fingerprint density at radius 1 is 1.28 bits per heavy atom. The SMILES string of the molecule is C[C@H](NC(=O)c1c[nH]c2nccnc12)c1cccc(OC(F)(F)F)c1. The summed E-state index contributed by atoms with van der Waals surface area (Å²) in [6.07, 6.45) is -0.326. The molecule has 0 radical (unpaired) electrons. The first-order valence-corrected chi connectivity index (χ1v) is 7.28. The summed E-state index contributed by atoms with van der Waals surface area (Å²) in [5.74, 6) is -0.759. The Bertz CT molecular complexity index is 908. The molecule has 130 valence electrons. The maximum Gasteiger partial charge on any atom is 0.573 e. The van der Waals surface area contributed by atoms with Crippen molar-refractivity contribution in [1.82, 2.24) is 20.3 Å². The number of nitrogens with one attached hydrogen (secondary N) is 2. The minimum atomic E-state index is -4.77. The Balaban J connectivity index is 1.77. The number of aromatic nitrogens is 3. The highest BCUT2D eigenvalue weighted by Gasteiger charge is 2.31. The van der Waals surface area contributed by atoms with Gasteiger partial charge in [0.2, 0.25) is 0 Å². The molecule has 0 aliphatic rings. The summed E-state index contributed by atoms with van der Waals surface area (Å²) < 4.78 is 40.8. The van der Waals surface area contributed by atoms with Crippen molar-refractivity contribution >= 4 is 17.1 Å². The third-order valence-electron chi connectivity index (χ3n) is 3.49. The van der Waals surface area contributed by atoms with E-state index in [-0.39, 0.29) is 5.75 Å². The van der Waals surface area contributed by atoms with Gasteiger partial charge in [-0.3, -0.25) is 9.78 Å². The Labute approximate surface area is 140 Å². The van der Waals surface area contributed by atoms with E-state index in [0.717, 1.165) is 0 Å². The summed E-state index contributed by atoms with van der Waals surface area (Å²) in [6.45, 7) is 1.66. The smallest absolute Gasteiger partial charge is 0.406 e. The van der Waals surface area contributed by atoms with E-state index in [1.165, 1.54) is 36.8 Å². The Morgan fingerprint density at radius 2 is 2.04 bits per heavy atom. The average Bonchev–Trinajstić information content (AvgIpc) is 2.97. The molecule has 25 heavy (non-hydrogen) atoms. The van der Waals surface area contributed by atoms with Crippen molar-refractivity contribution < 1.29 is 22.7 Å². The number of halogens is 3. The second-order valence-electron chi connectivity index (χ2n) is 5.27. The van der Waals surface area contributed by atoms with Crippen LogP contribution in [-0.2, 0) is 0 Å². The highest BCUT2D eigenvalue weighted by molar-refractivity contribution is 6.04. The van der Waals surface area contributed by atoms with Crippen LogP contribution in [0.3, 0.4) is 0 Å². The summed E-state index contributed by atoms with van der Waals surface area (Å²) in [5, 5.41) is 2.72. The molecule has 9 heteroatoms. The lowest BCUT2D eigenvalue weighted by molar-refractivity contribution is -0.274. The van der Waals surface area contributed by atoms with Crippen LogP contribution < -0.4 is 10.1 Å². The molecule has 0 spiro atoms. The van der Waals surface area contributed by atoms with Crippen molar-refractivity contribution in [3.63, 3.8) is 0 Å². The molecule has 0 bridgehead atoms. The first kappa shape index (κ1) is 16.7. The van der Waals surface area contributed by atoms with E-state index in [9.17, 15) is 18.0 Å². The predicted octanol–water partition coefficient (Wildman–Crippen LogP) is 3.35. The lowest BCUT2D eigenvalue weighted by Gasteiger charge is -2.16. The third-order valence-corrected chi connectivity index (χ3v) is 3.49. The van der Waals surface area contributed by atoms with Gasteiger partial charge in [0.1, 0.15) is 11.3 Å². The number of carbonyl (C=O) groups excluding carboxylic acids is 1. The zero-order chi connectivity index (χ0) is 18.0. The maximum atomic E-state index is 12.4. The average molecular weight is 350 g/mol. The van der Waals surface area contributed by atoms with E-state index in [4.69, 9.17) is 0 Å². The Morgan fingerprint density at radius 3 is 2.80 bits per heavy atom. The van der Waals surface area contributed by atoms with Gasteiger partial charge in [-0.1, -0.05) is 12.1 Å². The van der Waals surface area contributed by atoms with Crippen molar-refractivity contribution in [2.24, 2.45) is 0 Å². The minimum absolute atomic E-state index is 0.303. The molecule has 2 heterocycles. The van der Waals surface area contributed by atoms with Gasteiger partial charge in [-0.2, -0.15) is 0 Å².